The molecule has 0 aromatic heterocycles. The predicted molar refractivity (Wildman–Crippen MR) is 56.3 cm³/mol. The van der Waals surface area contributed by atoms with E-state index < -0.39 is 0 Å². The lowest BCUT2D eigenvalue weighted by Crippen LogP contribution is -2.44. The summed E-state index contributed by atoms with van der Waals surface area (Å²) in [7, 11) is 1.37. The highest BCUT2D eigenvalue weighted by Crippen LogP contribution is 2.24. The molecule has 4 nitrogen and oxygen atoms in total. The first-order valence-corrected chi connectivity index (χ1v) is 5.50. The first-order valence-electron chi connectivity index (χ1n) is 5.50. The molecule has 0 aliphatic carbocycles. The number of hydrogen-bond donors (Lipinski definition) is 0. The van der Waals surface area contributed by atoms with Gasteiger partial charge in [0.25, 0.3) is 0 Å². The van der Waals surface area contributed by atoms with Gasteiger partial charge in [0.05, 0.1) is 7.11 Å². The molecular formula is C11H19NO3. The third-order valence-electron chi connectivity index (χ3n) is 2.91. The topological polar surface area (TPSA) is 46.6 Å². The van der Waals surface area contributed by atoms with Crippen LogP contribution in [0.3, 0.4) is 0 Å². The summed E-state index contributed by atoms with van der Waals surface area (Å²) in [6.07, 6.45) is 3.01. The van der Waals surface area contributed by atoms with E-state index >= 15 is 0 Å². The molecule has 1 saturated heterocycles. The third kappa shape index (κ3) is 2.49. The highest BCUT2D eigenvalue weighted by atomic mass is 16.5. The Bertz CT molecular complexity index is 252. The Morgan fingerprint density at radius 2 is 2.33 bits per heavy atom. The van der Waals surface area contributed by atoms with E-state index in [4.69, 9.17) is 4.74 Å². The SMILES string of the molecule is CCCC(C)N1C(=O)CCC1C(=O)OC. The summed E-state index contributed by atoms with van der Waals surface area (Å²) < 4.78 is 4.71. The van der Waals surface area contributed by atoms with Gasteiger partial charge in [0.15, 0.2) is 0 Å². The zero-order valence-corrected chi connectivity index (χ0v) is 9.66. The minimum atomic E-state index is -0.357. The van der Waals surface area contributed by atoms with Crippen LogP contribution in [0.2, 0.25) is 0 Å². The highest BCUT2D eigenvalue weighted by molar-refractivity contribution is 5.88. The normalized spacial score (nSPS) is 23.0. The molecule has 1 heterocycles. The Morgan fingerprint density at radius 1 is 1.67 bits per heavy atom. The number of likely N-dealkylation sites (tertiary alicyclic amines) is 1. The number of carbonyl (C=O) groups is 2. The van der Waals surface area contributed by atoms with Crippen LogP contribution in [-0.4, -0.2) is 36.0 Å². The number of esters is 1. The molecular weight excluding hydrogens is 194 g/mol. The smallest absolute Gasteiger partial charge is 0.328 e. The quantitative estimate of drug-likeness (QED) is 0.662. The maximum Gasteiger partial charge on any atom is 0.328 e. The Morgan fingerprint density at radius 3 is 2.87 bits per heavy atom. The molecule has 0 aromatic carbocycles. The molecule has 0 bridgehead atoms. The Kier molecular flexibility index (Phi) is 4.12. The fraction of sp³-hybridized carbons (Fsp3) is 0.818. The van der Waals surface area contributed by atoms with Crippen molar-refractivity contribution < 1.29 is 14.3 Å². The molecule has 15 heavy (non-hydrogen) atoms. The van der Waals surface area contributed by atoms with Gasteiger partial charge in [-0.15, -0.1) is 0 Å². The van der Waals surface area contributed by atoms with Gasteiger partial charge in [0, 0.05) is 12.5 Å². The summed E-state index contributed by atoms with van der Waals surface area (Å²) >= 11 is 0. The van der Waals surface area contributed by atoms with Crippen LogP contribution in [0.5, 0.6) is 0 Å². The monoisotopic (exact) mass is 213 g/mol. The number of carbonyl (C=O) groups excluding carboxylic acids is 2. The van der Waals surface area contributed by atoms with Gasteiger partial charge in [-0.2, -0.15) is 0 Å². The maximum absolute atomic E-state index is 11.6. The van der Waals surface area contributed by atoms with Gasteiger partial charge in [-0.3, -0.25) is 4.79 Å². The molecule has 2 atom stereocenters. The fourth-order valence-electron chi connectivity index (χ4n) is 2.18. The predicted octanol–water partition coefficient (Wildman–Crippen LogP) is 1.34. The Balaban J connectivity index is 2.72. The van der Waals surface area contributed by atoms with Crippen molar-refractivity contribution in [2.45, 2.75) is 51.6 Å². The van der Waals surface area contributed by atoms with Crippen molar-refractivity contribution in [3.8, 4) is 0 Å². The van der Waals surface area contributed by atoms with Crippen LogP contribution in [0.4, 0.5) is 0 Å². The minimum Gasteiger partial charge on any atom is -0.467 e. The van der Waals surface area contributed by atoms with E-state index in [2.05, 4.69) is 6.92 Å². The lowest BCUT2D eigenvalue weighted by atomic mass is 10.1. The van der Waals surface area contributed by atoms with E-state index in [1.54, 1.807) is 4.90 Å². The second-order valence-electron chi connectivity index (χ2n) is 4.02. The maximum atomic E-state index is 11.6. The number of amides is 1. The van der Waals surface area contributed by atoms with E-state index in [1.807, 2.05) is 6.92 Å². The average molecular weight is 213 g/mol. The standard InChI is InChI=1S/C11H19NO3/c1-4-5-8(2)12-9(11(14)15-3)6-7-10(12)13/h8-9H,4-7H2,1-3H3. The van der Waals surface area contributed by atoms with Crippen LogP contribution in [-0.2, 0) is 14.3 Å². The molecule has 1 fully saturated rings. The minimum absolute atomic E-state index is 0.0753. The van der Waals surface area contributed by atoms with Crippen molar-refractivity contribution in [1.82, 2.24) is 4.90 Å². The van der Waals surface area contributed by atoms with E-state index in [0.29, 0.717) is 12.8 Å². The van der Waals surface area contributed by atoms with Crippen LogP contribution in [0.25, 0.3) is 0 Å². The highest BCUT2D eigenvalue weighted by Gasteiger charge is 2.38. The number of nitrogens with zero attached hydrogens (tertiary/aromatic N) is 1. The molecule has 4 heteroatoms. The summed E-state index contributed by atoms with van der Waals surface area (Å²) in [6.45, 7) is 4.06. The van der Waals surface area contributed by atoms with Crippen LogP contribution in [0.1, 0.15) is 39.5 Å². The van der Waals surface area contributed by atoms with Crippen molar-refractivity contribution in [2.75, 3.05) is 7.11 Å². The van der Waals surface area contributed by atoms with Gasteiger partial charge in [-0.25, -0.2) is 4.79 Å². The van der Waals surface area contributed by atoms with Crippen LogP contribution >= 0.6 is 0 Å². The van der Waals surface area contributed by atoms with Crippen molar-refractivity contribution in [3.63, 3.8) is 0 Å². The first kappa shape index (κ1) is 12.0. The summed E-state index contributed by atoms with van der Waals surface area (Å²) in [4.78, 5) is 24.8. The van der Waals surface area contributed by atoms with Gasteiger partial charge in [0.2, 0.25) is 5.91 Å². The molecule has 0 N–H and O–H groups in total. The van der Waals surface area contributed by atoms with E-state index in [-0.39, 0.29) is 24.0 Å². The van der Waals surface area contributed by atoms with Crippen molar-refractivity contribution in [3.05, 3.63) is 0 Å². The molecule has 1 rings (SSSR count). The molecule has 0 saturated carbocycles. The van der Waals surface area contributed by atoms with E-state index in [9.17, 15) is 9.59 Å². The van der Waals surface area contributed by atoms with Gasteiger partial charge >= 0.3 is 5.97 Å². The Labute approximate surface area is 90.6 Å². The summed E-state index contributed by atoms with van der Waals surface area (Å²) in [5.41, 5.74) is 0. The summed E-state index contributed by atoms with van der Waals surface area (Å²) in [5.74, 6) is -0.213. The molecule has 86 valence electrons. The first-order chi connectivity index (χ1) is 7.11. The number of methoxy groups -OCH3 is 1. The second kappa shape index (κ2) is 5.14. The molecule has 0 radical (unpaired) electrons. The van der Waals surface area contributed by atoms with Gasteiger partial charge in [0.1, 0.15) is 6.04 Å². The number of rotatable bonds is 4. The number of ether oxygens (including phenoxy) is 1. The lowest BCUT2D eigenvalue weighted by molar-refractivity contribution is -0.150. The summed E-state index contributed by atoms with van der Waals surface area (Å²) in [6, 6.07) is -0.224. The van der Waals surface area contributed by atoms with Crippen LogP contribution in [0.15, 0.2) is 0 Å². The van der Waals surface area contributed by atoms with Crippen LogP contribution in [0, 0.1) is 0 Å². The summed E-state index contributed by atoms with van der Waals surface area (Å²) in [5, 5.41) is 0. The largest absolute Gasteiger partial charge is 0.467 e. The fourth-order valence-corrected chi connectivity index (χ4v) is 2.18. The average Bonchev–Trinajstić information content (AvgIpc) is 2.59. The van der Waals surface area contributed by atoms with Gasteiger partial charge in [-0.05, 0) is 19.8 Å². The van der Waals surface area contributed by atoms with Crippen LogP contribution < -0.4 is 0 Å². The molecule has 2 unspecified atom stereocenters. The van der Waals surface area contributed by atoms with E-state index in [0.717, 1.165) is 12.8 Å². The molecule has 1 aliphatic heterocycles. The lowest BCUT2D eigenvalue weighted by Gasteiger charge is -2.29. The Hall–Kier alpha value is -1.06. The van der Waals surface area contributed by atoms with Crippen molar-refractivity contribution >= 4 is 11.9 Å². The van der Waals surface area contributed by atoms with Crippen molar-refractivity contribution in [2.24, 2.45) is 0 Å². The van der Waals surface area contributed by atoms with Gasteiger partial charge < -0.3 is 9.64 Å². The van der Waals surface area contributed by atoms with Gasteiger partial charge in [-0.1, -0.05) is 13.3 Å². The van der Waals surface area contributed by atoms with Crippen molar-refractivity contribution in [1.29, 1.82) is 0 Å². The molecule has 1 amide bonds. The third-order valence-corrected chi connectivity index (χ3v) is 2.91. The number of hydrogen-bond acceptors (Lipinski definition) is 3. The zero-order valence-electron chi connectivity index (χ0n) is 9.66. The molecule has 0 aromatic rings. The molecule has 0 spiro atoms. The molecule has 1 aliphatic rings. The second-order valence-corrected chi connectivity index (χ2v) is 4.02. The zero-order chi connectivity index (χ0) is 11.4. The van der Waals surface area contributed by atoms with E-state index in [1.165, 1.54) is 7.11 Å².